The van der Waals surface area contributed by atoms with E-state index in [4.69, 9.17) is 5.73 Å². The minimum Gasteiger partial charge on any atom is -0.366 e. The minimum absolute atomic E-state index is 0.128. The maximum atomic E-state index is 13.4. The number of nitrogens with one attached hydrogen (secondary N) is 2. The monoisotopic (exact) mass is 432 g/mol. The van der Waals surface area contributed by atoms with Crippen molar-refractivity contribution in [3.05, 3.63) is 59.4 Å². The number of H-pyrrole nitrogens is 1. The third-order valence-electron chi connectivity index (χ3n) is 4.50. The molecule has 0 saturated heterocycles. The van der Waals surface area contributed by atoms with E-state index < -0.39 is 21.7 Å². The molecule has 1 aromatic carbocycles. The highest BCUT2D eigenvalue weighted by Gasteiger charge is 2.25. The van der Waals surface area contributed by atoms with Crippen LogP contribution in [-0.4, -0.2) is 32.5 Å². The maximum absolute atomic E-state index is 13.4. The highest BCUT2D eigenvalue weighted by Crippen LogP contribution is 2.37. The molecule has 0 aliphatic heterocycles. The Kier molecular flexibility index (Phi) is 5.46. The normalized spacial score (nSPS) is 12.6. The number of hydrogen-bond acceptors (Lipinski definition) is 5. The molecule has 0 aliphatic rings. The van der Waals surface area contributed by atoms with Crippen LogP contribution in [0.4, 0.5) is 5.00 Å². The van der Waals surface area contributed by atoms with Crippen molar-refractivity contribution in [2.24, 2.45) is 5.73 Å². The number of amides is 2. The number of thiol groups is 1. The molecule has 0 atom stereocenters. The van der Waals surface area contributed by atoms with Gasteiger partial charge in [0, 0.05) is 16.0 Å². The quantitative estimate of drug-likeness (QED) is 0.463. The summed E-state index contributed by atoms with van der Waals surface area (Å²) in [6, 6.07) is 12.2. The van der Waals surface area contributed by atoms with E-state index in [2.05, 4.69) is 15.5 Å². The van der Waals surface area contributed by atoms with E-state index in [1.54, 1.807) is 36.6 Å². The fraction of sp³-hybridized carbons (Fsp3) is 0.250. The molecule has 0 fully saturated rings. The molecule has 0 unspecified atom stereocenters. The number of primary amides is 1. The standard InChI is InChI=1S/C20H24N4O3S2/c1-20(2,3)15-11-14(23-24-15)18(26)22-19-13(17(21)25)10-16(28-19)29(4,27)12-8-6-5-7-9-12/h5-11,29H,1-4H3,(H2,21,25)(H,22,26)(H,23,24). The second-order valence-electron chi connectivity index (χ2n) is 7.82. The number of benzene rings is 1. The largest absolute Gasteiger partial charge is 0.366 e. The lowest BCUT2D eigenvalue weighted by Crippen LogP contribution is -2.17. The molecule has 2 aromatic heterocycles. The van der Waals surface area contributed by atoms with Gasteiger partial charge in [0.2, 0.25) is 0 Å². The topological polar surface area (TPSA) is 118 Å². The zero-order chi connectivity index (χ0) is 21.4. The summed E-state index contributed by atoms with van der Waals surface area (Å²) in [4.78, 5) is 25.2. The van der Waals surface area contributed by atoms with Crippen molar-refractivity contribution < 1.29 is 13.8 Å². The average Bonchev–Trinajstić information content (AvgIpc) is 3.30. The molecule has 154 valence electrons. The van der Waals surface area contributed by atoms with Gasteiger partial charge in [-0.1, -0.05) is 39.0 Å². The van der Waals surface area contributed by atoms with Gasteiger partial charge in [0.05, 0.1) is 9.77 Å². The number of anilines is 1. The Morgan fingerprint density at radius 3 is 2.38 bits per heavy atom. The summed E-state index contributed by atoms with van der Waals surface area (Å²) in [6.07, 6.45) is 1.63. The predicted octanol–water partition coefficient (Wildman–Crippen LogP) is 3.18. The van der Waals surface area contributed by atoms with E-state index in [-0.39, 0.29) is 21.7 Å². The summed E-state index contributed by atoms with van der Waals surface area (Å²) in [5.74, 6) is -1.17. The molecule has 2 amide bonds. The average molecular weight is 433 g/mol. The van der Waals surface area contributed by atoms with Gasteiger partial charge >= 0.3 is 0 Å². The number of nitrogens with two attached hydrogens (primary N) is 1. The summed E-state index contributed by atoms with van der Waals surface area (Å²) in [7, 11) is -2.94. The van der Waals surface area contributed by atoms with Crippen molar-refractivity contribution in [1.29, 1.82) is 0 Å². The molecule has 3 aromatic rings. The molecule has 0 saturated carbocycles. The lowest BCUT2D eigenvalue weighted by molar-refractivity contribution is 0.100. The first-order valence-electron chi connectivity index (χ1n) is 8.94. The van der Waals surface area contributed by atoms with Crippen LogP contribution < -0.4 is 11.1 Å². The molecule has 29 heavy (non-hydrogen) atoms. The van der Waals surface area contributed by atoms with Crippen LogP contribution in [0.1, 0.15) is 47.3 Å². The molecule has 9 heteroatoms. The predicted molar refractivity (Wildman–Crippen MR) is 117 cm³/mol. The zero-order valence-corrected chi connectivity index (χ0v) is 18.4. The van der Waals surface area contributed by atoms with Gasteiger partial charge in [0.25, 0.3) is 11.8 Å². The molecule has 0 bridgehead atoms. The first-order chi connectivity index (χ1) is 13.5. The van der Waals surface area contributed by atoms with Crippen LogP contribution in [0.5, 0.6) is 0 Å². The number of carbonyl (C=O) groups is 2. The zero-order valence-electron chi connectivity index (χ0n) is 16.6. The number of nitrogens with zero attached hydrogens (tertiary/aromatic N) is 1. The summed E-state index contributed by atoms with van der Waals surface area (Å²) >= 11 is 1.09. The SMILES string of the molecule is CC(C)(C)c1cc(C(=O)Nc2sc([SH](C)(=O)c3ccccc3)cc2C(N)=O)n[nH]1. The third-order valence-corrected chi connectivity index (χ3v) is 8.93. The Morgan fingerprint density at radius 2 is 1.83 bits per heavy atom. The molecular weight excluding hydrogens is 408 g/mol. The lowest BCUT2D eigenvalue weighted by Gasteiger charge is -2.16. The Bertz CT molecular complexity index is 1110. The molecule has 3 rings (SSSR count). The molecule has 2 heterocycles. The van der Waals surface area contributed by atoms with Gasteiger partial charge in [-0.3, -0.25) is 18.9 Å². The number of thiophene rings is 1. The van der Waals surface area contributed by atoms with E-state index in [1.165, 1.54) is 6.07 Å². The highest BCUT2D eigenvalue weighted by molar-refractivity contribution is 8.04. The molecule has 0 spiro atoms. The van der Waals surface area contributed by atoms with Gasteiger partial charge in [-0.05, 0) is 40.5 Å². The van der Waals surface area contributed by atoms with Gasteiger partial charge in [-0.25, -0.2) is 0 Å². The van der Waals surface area contributed by atoms with Crippen LogP contribution >= 0.6 is 11.3 Å². The minimum atomic E-state index is -2.94. The maximum Gasteiger partial charge on any atom is 0.276 e. The van der Waals surface area contributed by atoms with Crippen LogP contribution in [0, 0.1) is 0 Å². The van der Waals surface area contributed by atoms with Gasteiger partial charge in [0.1, 0.15) is 5.00 Å². The molecule has 0 aliphatic carbocycles. The Labute approximate surface area is 174 Å². The molecular formula is C20H24N4O3S2. The number of aromatic nitrogens is 2. The first-order valence-corrected chi connectivity index (χ1v) is 11.9. The Morgan fingerprint density at radius 1 is 1.17 bits per heavy atom. The number of hydrogen-bond donors (Lipinski definition) is 4. The van der Waals surface area contributed by atoms with Gasteiger partial charge in [-0.15, -0.1) is 11.3 Å². The van der Waals surface area contributed by atoms with Crippen LogP contribution in [0.25, 0.3) is 0 Å². The fourth-order valence-electron chi connectivity index (χ4n) is 2.69. The number of aromatic amines is 1. The fourth-order valence-corrected chi connectivity index (χ4v) is 6.15. The van der Waals surface area contributed by atoms with E-state index in [0.29, 0.717) is 9.10 Å². The van der Waals surface area contributed by atoms with E-state index in [9.17, 15) is 13.8 Å². The summed E-state index contributed by atoms with van der Waals surface area (Å²) in [5, 5.41) is 9.86. The van der Waals surface area contributed by atoms with Crippen molar-refractivity contribution in [2.75, 3.05) is 11.6 Å². The second-order valence-corrected chi connectivity index (χ2v) is 12.0. The van der Waals surface area contributed by atoms with Crippen LogP contribution in [0.15, 0.2) is 51.6 Å². The Hall–Kier alpha value is -2.78. The third kappa shape index (κ3) is 4.30. The smallest absolute Gasteiger partial charge is 0.276 e. The lowest BCUT2D eigenvalue weighted by atomic mass is 9.92. The number of rotatable bonds is 5. The van der Waals surface area contributed by atoms with Gasteiger partial charge in [0.15, 0.2) is 5.69 Å². The number of carbonyl (C=O) groups excluding carboxylic acids is 2. The van der Waals surface area contributed by atoms with E-state index in [0.717, 1.165) is 17.0 Å². The van der Waals surface area contributed by atoms with Crippen molar-refractivity contribution in [2.45, 2.75) is 35.3 Å². The van der Waals surface area contributed by atoms with Crippen molar-refractivity contribution in [3.63, 3.8) is 0 Å². The van der Waals surface area contributed by atoms with Crippen LogP contribution in [0.3, 0.4) is 0 Å². The van der Waals surface area contributed by atoms with Crippen molar-refractivity contribution in [1.82, 2.24) is 10.2 Å². The van der Waals surface area contributed by atoms with Crippen molar-refractivity contribution in [3.8, 4) is 0 Å². The Balaban J connectivity index is 1.94. The molecule has 4 N–H and O–H groups in total. The first kappa shape index (κ1) is 20.9. The summed E-state index contributed by atoms with van der Waals surface area (Å²) in [6.45, 7) is 6.00. The summed E-state index contributed by atoms with van der Waals surface area (Å²) < 4.78 is 13.9. The highest BCUT2D eigenvalue weighted by atomic mass is 32.3. The molecule has 0 radical (unpaired) electrons. The second kappa shape index (κ2) is 7.57. The van der Waals surface area contributed by atoms with Crippen LogP contribution in [0.2, 0.25) is 0 Å². The van der Waals surface area contributed by atoms with Crippen molar-refractivity contribution >= 4 is 38.1 Å². The van der Waals surface area contributed by atoms with E-state index >= 15 is 0 Å². The van der Waals surface area contributed by atoms with E-state index in [1.807, 2.05) is 26.8 Å². The molecule has 7 nitrogen and oxygen atoms in total. The summed E-state index contributed by atoms with van der Waals surface area (Å²) in [5.41, 5.74) is 6.44. The van der Waals surface area contributed by atoms with Gasteiger partial charge < -0.3 is 11.1 Å². The van der Waals surface area contributed by atoms with Crippen LogP contribution in [-0.2, 0) is 15.3 Å². The van der Waals surface area contributed by atoms with Gasteiger partial charge in [-0.2, -0.15) is 5.10 Å².